The van der Waals surface area contributed by atoms with E-state index >= 15 is 0 Å². The molecule has 1 saturated heterocycles. The number of piperidine rings is 1. The Morgan fingerprint density at radius 3 is 2.40 bits per heavy atom. The summed E-state index contributed by atoms with van der Waals surface area (Å²) < 4.78 is 2.21. The van der Waals surface area contributed by atoms with Crippen LogP contribution in [-0.4, -0.2) is 30.7 Å². The summed E-state index contributed by atoms with van der Waals surface area (Å²) in [4.78, 5) is 0. The molecule has 0 unspecified atom stereocenters. The Balaban J connectivity index is 0.00000200. The van der Waals surface area contributed by atoms with Crippen molar-refractivity contribution in [1.29, 1.82) is 0 Å². The lowest BCUT2D eigenvalue weighted by atomic mass is 10.1. The van der Waals surface area contributed by atoms with E-state index in [4.69, 9.17) is 0 Å². The fraction of sp³-hybridized carbons (Fsp3) is 0.412. The van der Waals surface area contributed by atoms with Crippen LogP contribution < -0.4 is 17.0 Å². The predicted molar refractivity (Wildman–Crippen MR) is 84.8 cm³/mol. The van der Waals surface area contributed by atoms with E-state index in [0.29, 0.717) is 0 Å². The van der Waals surface area contributed by atoms with Crippen LogP contribution in [0.15, 0.2) is 41.4 Å². The lowest BCUT2D eigenvalue weighted by Crippen LogP contribution is -3.00. The molecule has 1 aromatic carbocycles. The average molecular weight is 399 g/mol. The smallest absolute Gasteiger partial charge is 0.141 e. The Kier molecular flexibility index (Phi) is 7.58. The molecule has 1 nitrogen and oxygen atoms in total. The third kappa shape index (κ3) is 5.09. The lowest BCUT2D eigenvalue weighted by molar-refractivity contribution is -0.920. The summed E-state index contributed by atoms with van der Waals surface area (Å²) in [5.41, 5.74) is 1.09. The summed E-state index contributed by atoms with van der Waals surface area (Å²) >= 11 is 3.44. The van der Waals surface area contributed by atoms with Crippen LogP contribution in [0, 0.1) is 11.8 Å². The highest BCUT2D eigenvalue weighted by Gasteiger charge is 2.27. The number of halogens is 2. The molecule has 0 amide bonds. The van der Waals surface area contributed by atoms with Crippen molar-refractivity contribution in [1.82, 2.24) is 0 Å². The maximum absolute atomic E-state index is 3.91. The molecule has 0 N–H and O–H groups in total. The van der Waals surface area contributed by atoms with Crippen LogP contribution in [0.2, 0.25) is 0 Å². The first-order valence-electron chi connectivity index (χ1n) is 6.95. The van der Waals surface area contributed by atoms with Crippen molar-refractivity contribution in [3.63, 3.8) is 0 Å². The van der Waals surface area contributed by atoms with Crippen LogP contribution in [0.3, 0.4) is 0 Å². The molecule has 1 aromatic rings. The van der Waals surface area contributed by atoms with Crippen molar-refractivity contribution in [3.05, 3.63) is 47.0 Å². The third-order valence-electron chi connectivity index (χ3n) is 3.77. The molecule has 20 heavy (non-hydrogen) atoms. The SMILES string of the molecule is C=CC[N+]1(CC#Cc2ccc(Br)cc2)CCCCC1.[Br-]. The highest BCUT2D eigenvalue weighted by Crippen LogP contribution is 2.18. The molecule has 1 aliphatic rings. The van der Waals surface area contributed by atoms with E-state index in [1.165, 1.54) is 32.4 Å². The van der Waals surface area contributed by atoms with E-state index in [1.807, 2.05) is 18.2 Å². The van der Waals surface area contributed by atoms with Crippen LogP contribution in [0.1, 0.15) is 24.8 Å². The molecular formula is C17H21Br2N. The minimum absolute atomic E-state index is 0. The molecule has 0 radical (unpaired) electrons. The topological polar surface area (TPSA) is 0 Å². The quantitative estimate of drug-likeness (QED) is 0.404. The van der Waals surface area contributed by atoms with Gasteiger partial charge in [0.05, 0.1) is 19.6 Å². The molecule has 1 heterocycles. The second kappa shape index (κ2) is 8.67. The van der Waals surface area contributed by atoms with Crippen LogP contribution in [-0.2, 0) is 0 Å². The molecule has 108 valence electrons. The highest BCUT2D eigenvalue weighted by molar-refractivity contribution is 9.10. The van der Waals surface area contributed by atoms with Gasteiger partial charge in [0.15, 0.2) is 0 Å². The van der Waals surface area contributed by atoms with E-state index in [-0.39, 0.29) is 17.0 Å². The van der Waals surface area contributed by atoms with E-state index < -0.39 is 0 Å². The zero-order valence-corrected chi connectivity index (χ0v) is 14.9. The van der Waals surface area contributed by atoms with Crippen LogP contribution >= 0.6 is 15.9 Å². The molecular weight excluding hydrogens is 378 g/mol. The maximum atomic E-state index is 3.91. The zero-order chi connectivity index (χ0) is 13.6. The van der Waals surface area contributed by atoms with Crippen LogP contribution in [0.4, 0.5) is 0 Å². The van der Waals surface area contributed by atoms with Gasteiger partial charge < -0.3 is 21.5 Å². The van der Waals surface area contributed by atoms with Crippen molar-refractivity contribution in [2.24, 2.45) is 0 Å². The second-order valence-electron chi connectivity index (χ2n) is 5.29. The van der Waals surface area contributed by atoms with Gasteiger partial charge >= 0.3 is 0 Å². The van der Waals surface area contributed by atoms with Crippen LogP contribution in [0.25, 0.3) is 0 Å². The molecule has 3 heteroatoms. The minimum atomic E-state index is 0. The lowest BCUT2D eigenvalue weighted by Gasteiger charge is -2.39. The Morgan fingerprint density at radius 1 is 1.15 bits per heavy atom. The van der Waals surface area contributed by atoms with Crippen molar-refractivity contribution >= 4 is 15.9 Å². The minimum Gasteiger partial charge on any atom is -1.00 e. The molecule has 0 atom stereocenters. The van der Waals surface area contributed by atoms with Gasteiger partial charge in [-0.1, -0.05) is 28.4 Å². The first-order valence-corrected chi connectivity index (χ1v) is 7.74. The van der Waals surface area contributed by atoms with E-state index in [0.717, 1.165) is 27.6 Å². The first-order chi connectivity index (χ1) is 9.24. The molecule has 0 aliphatic carbocycles. The van der Waals surface area contributed by atoms with Gasteiger partial charge in [0.2, 0.25) is 0 Å². The Hall–Kier alpha value is -0.560. The predicted octanol–water partition coefficient (Wildman–Crippen LogP) is 0.991. The number of hydrogen-bond acceptors (Lipinski definition) is 0. The van der Waals surface area contributed by atoms with Gasteiger partial charge in [-0.2, -0.15) is 0 Å². The second-order valence-corrected chi connectivity index (χ2v) is 6.20. The summed E-state index contributed by atoms with van der Waals surface area (Å²) in [6.45, 7) is 8.41. The van der Waals surface area contributed by atoms with Gasteiger partial charge in [-0.15, -0.1) is 0 Å². The Bertz CT molecular complexity index is 476. The number of likely N-dealkylation sites (tertiary alicyclic amines) is 1. The van der Waals surface area contributed by atoms with Gasteiger partial charge in [-0.3, -0.25) is 0 Å². The number of benzene rings is 1. The maximum Gasteiger partial charge on any atom is 0.141 e. The summed E-state index contributed by atoms with van der Waals surface area (Å²) in [6.07, 6.45) is 6.07. The van der Waals surface area contributed by atoms with Gasteiger partial charge in [-0.05, 0) is 55.5 Å². The number of rotatable bonds is 3. The Morgan fingerprint density at radius 2 is 1.80 bits per heavy atom. The zero-order valence-electron chi connectivity index (χ0n) is 11.7. The average Bonchev–Trinajstić information content (AvgIpc) is 2.42. The third-order valence-corrected chi connectivity index (χ3v) is 4.30. The van der Waals surface area contributed by atoms with Crippen molar-refractivity contribution in [3.8, 4) is 11.8 Å². The molecule has 0 bridgehead atoms. The highest BCUT2D eigenvalue weighted by atomic mass is 79.9. The van der Waals surface area contributed by atoms with Crippen LogP contribution in [0.5, 0.6) is 0 Å². The normalized spacial score (nSPS) is 16.4. The number of hydrogen-bond donors (Lipinski definition) is 0. The number of nitrogens with zero attached hydrogens (tertiary/aromatic N) is 1. The van der Waals surface area contributed by atoms with Gasteiger partial charge in [-0.25, -0.2) is 0 Å². The summed E-state index contributed by atoms with van der Waals surface area (Å²) in [5.74, 6) is 6.66. The van der Waals surface area contributed by atoms with Crippen molar-refractivity contribution in [2.75, 3.05) is 26.2 Å². The van der Waals surface area contributed by atoms with Gasteiger partial charge in [0.1, 0.15) is 6.54 Å². The summed E-state index contributed by atoms with van der Waals surface area (Å²) in [5, 5.41) is 0. The summed E-state index contributed by atoms with van der Waals surface area (Å²) in [6, 6.07) is 8.20. The van der Waals surface area contributed by atoms with Gasteiger partial charge in [0.25, 0.3) is 0 Å². The standard InChI is InChI=1S/C17H21BrN.BrH/c1-2-12-19(13-4-3-5-14-19)15-6-7-16-8-10-17(18)11-9-16;/h2,8-11H,1,3-5,12-15H2;1H/q+1;/p-1. The van der Waals surface area contributed by atoms with E-state index in [2.05, 4.69) is 46.5 Å². The van der Waals surface area contributed by atoms with Crippen molar-refractivity contribution in [2.45, 2.75) is 19.3 Å². The monoisotopic (exact) mass is 397 g/mol. The molecule has 0 saturated carbocycles. The fourth-order valence-corrected chi connectivity index (χ4v) is 2.97. The fourth-order valence-electron chi connectivity index (χ4n) is 2.70. The van der Waals surface area contributed by atoms with Gasteiger partial charge in [0, 0.05) is 10.0 Å². The molecule has 0 aromatic heterocycles. The first kappa shape index (κ1) is 17.5. The largest absolute Gasteiger partial charge is 1.00 e. The van der Waals surface area contributed by atoms with E-state index in [1.54, 1.807) is 0 Å². The van der Waals surface area contributed by atoms with E-state index in [9.17, 15) is 0 Å². The molecule has 1 aliphatic heterocycles. The molecule has 2 rings (SSSR count). The number of quaternary nitrogens is 1. The van der Waals surface area contributed by atoms with Crippen molar-refractivity contribution < 1.29 is 21.5 Å². The molecule has 0 spiro atoms. The Labute approximate surface area is 141 Å². The molecule has 1 fully saturated rings. The summed E-state index contributed by atoms with van der Waals surface area (Å²) in [7, 11) is 0.